The van der Waals surface area contributed by atoms with Crippen LogP contribution in [-0.2, 0) is 16.6 Å². The number of nitrogens with zero attached hydrogens (tertiary/aromatic N) is 5. The lowest BCUT2D eigenvalue weighted by molar-refractivity contribution is 0.0696. The monoisotopic (exact) mass is 721 g/mol. The Kier molecular flexibility index (Phi) is 10.7. The third-order valence-corrected chi connectivity index (χ3v) is 9.91. The lowest BCUT2D eigenvalue weighted by atomic mass is 9.99. The van der Waals surface area contributed by atoms with Gasteiger partial charge in [0.2, 0.25) is 23.4 Å². The zero-order chi connectivity index (χ0) is 34.9. The van der Waals surface area contributed by atoms with Crippen molar-refractivity contribution in [3.05, 3.63) is 83.0 Å². The first-order chi connectivity index (χ1) is 23.3. The molecule has 1 atom stereocenters. The summed E-state index contributed by atoms with van der Waals surface area (Å²) < 4.78 is 41.3. The molecule has 5 aromatic rings. The number of fused-ring (bicyclic) bond motifs is 1. The summed E-state index contributed by atoms with van der Waals surface area (Å²) in [6.45, 7) is 10.8. The van der Waals surface area contributed by atoms with Crippen LogP contribution in [0, 0.1) is 19.3 Å². The van der Waals surface area contributed by atoms with E-state index in [4.69, 9.17) is 9.15 Å². The van der Waals surface area contributed by atoms with E-state index in [2.05, 4.69) is 41.9 Å². The van der Waals surface area contributed by atoms with E-state index in [-0.39, 0.29) is 58.7 Å². The third-order valence-electron chi connectivity index (χ3n) is 8.59. The van der Waals surface area contributed by atoms with Gasteiger partial charge in [0.05, 0.1) is 28.0 Å². The molecular weight excluding hydrogens is 682 g/mol. The van der Waals surface area contributed by atoms with Gasteiger partial charge in [0, 0.05) is 30.1 Å². The number of ether oxygens (including phenoxy) is 1. The highest BCUT2D eigenvalue weighted by atomic mass is 35.5. The van der Waals surface area contributed by atoms with E-state index >= 15 is 0 Å². The number of carbonyl (C=O) groups is 1. The predicted octanol–water partition coefficient (Wildman–Crippen LogP) is 6.46. The molecule has 3 N–H and O–H groups in total. The molecule has 2 aromatic carbocycles. The fourth-order valence-electron chi connectivity index (χ4n) is 5.61. The number of aromatic nitrogens is 5. The van der Waals surface area contributed by atoms with E-state index in [1.54, 1.807) is 12.3 Å². The number of sulfonamides is 1. The number of nitrogens with one attached hydrogen (secondary N) is 2. The number of benzene rings is 2. The van der Waals surface area contributed by atoms with E-state index in [0.29, 0.717) is 35.2 Å². The van der Waals surface area contributed by atoms with Crippen molar-refractivity contribution in [2.24, 2.45) is 5.41 Å². The molecule has 0 radical (unpaired) electrons. The van der Waals surface area contributed by atoms with Crippen molar-refractivity contribution in [3.8, 4) is 17.1 Å². The topological polar surface area (TPSA) is 182 Å². The summed E-state index contributed by atoms with van der Waals surface area (Å²) in [5.74, 6) is -0.551. The van der Waals surface area contributed by atoms with Crippen LogP contribution in [0.1, 0.15) is 79.0 Å². The van der Waals surface area contributed by atoms with Crippen LogP contribution in [0.2, 0.25) is 0 Å². The van der Waals surface area contributed by atoms with E-state index in [1.165, 1.54) is 18.2 Å². The van der Waals surface area contributed by atoms with Crippen LogP contribution in [0.4, 0.5) is 5.95 Å². The molecule has 0 saturated heterocycles. The number of anilines is 1. The number of hydrogen-bond donors (Lipinski definition) is 3. The molecule has 0 bridgehead atoms. The summed E-state index contributed by atoms with van der Waals surface area (Å²) in [6, 6.07) is 12.5. The number of aromatic carboxylic acids is 1. The molecule has 264 valence electrons. The zero-order valence-electron chi connectivity index (χ0n) is 28.4. The van der Waals surface area contributed by atoms with Crippen molar-refractivity contribution < 1.29 is 27.5 Å². The molecule has 0 amide bonds. The maximum absolute atomic E-state index is 13.4. The average Bonchev–Trinajstić information content (AvgIpc) is 3.61. The molecule has 3 heterocycles. The fourth-order valence-corrected chi connectivity index (χ4v) is 6.60. The van der Waals surface area contributed by atoms with Gasteiger partial charge in [0.15, 0.2) is 0 Å². The Morgan fingerprint density at radius 3 is 2.44 bits per heavy atom. The number of carboxylic acid groups (broad SMARTS) is 1. The molecule has 0 unspecified atom stereocenters. The van der Waals surface area contributed by atoms with Gasteiger partial charge in [-0.15, -0.1) is 12.4 Å². The van der Waals surface area contributed by atoms with E-state index in [9.17, 15) is 18.3 Å². The molecule has 1 aliphatic rings. The van der Waals surface area contributed by atoms with Gasteiger partial charge in [-0.25, -0.2) is 32.9 Å². The van der Waals surface area contributed by atoms with Gasteiger partial charge in [-0.1, -0.05) is 45.0 Å². The molecule has 15 heteroatoms. The first-order valence-corrected chi connectivity index (χ1v) is 17.6. The van der Waals surface area contributed by atoms with Crippen molar-refractivity contribution in [3.63, 3.8) is 0 Å². The molecule has 1 fully saturated rings. The number of aryl methyl sites for hydroxylation is 2. The summed E-state index contributed by atoms with van der Waals surface area (Å²) in [7, 11) is -4.24. The van der Waals surface area contributed by atoms with Crippen molar-refractivity contribution >= 4 is 45.7 Å². The van der Waals surface area contributed by atoms with Crippen LogP contribution in [0.15, 0.2) is 64.0 Å². The first kappa shape index (κ1) is 36.6. The lowest BCUT2D eigenvalue weighted by Crippen LogP contribution is -2.36. The minimum atomic E-state index is -4.24. The second-order valence-electron chi connectivity index (χ2n) is 13.2. The Hall–Kier alpha value is -4.66. The molecule has 0 aliphatic heterocycles. The van der Waals surface area contributed by atoms with Crippen LogP contribution in [0.5, 0.6) is 5.88 Å². The highest BCUT2D eigenvalue weighted by molar-refractivity contribution is 7.92. The summed E-state index contributed by atoms with van der Waals surface area (Å²) >= 11 is 0. The van der Waals surface area contributed by atoms with Gasteiger partial charge < -0.3 is 19.6 Å². The fraction of sp³-hybridized carbons (Fsp3) is 0.371. The lowest BCUT2D eigenvalue weighted by Gasteiger charge is -2.22. The van der Waals surface area contributed by atoms with Crippen LogP contribution in [0.3, 0.4) is 0 Å². The standard InChI is InChI=1S/C35H39N7O6S.ClH/c1-20(2)31-41-30-32(48-31)38-25(18-37-30)17-36-24(16-35(5)12-13-35)19-47-28-15-27(29-21(3)8-6-9-22(29)4)39-34(40-28)42-49(45,46)26-11-7-10-23(14-26)33(43)44;/h6-11,14-15,18,20,24,36H,12-13,16-17,19H2,1-5H3,(H,43,44)(H,39,40,42);1H/t24-;/m1./s1. The van der Waals surface area contributed by atoms with Crippen LogP contribution in [-0.4, -0.2) is 57.1 Å². The summed E-state index contributed by atoms with van der Waals surface area (Å²) in [5.41, 5.74) is 4.79. The van der Waals surface area contributed by atoms with E-state index < -0.39 is 16.0 Å². The molecule has 1 saturated carbocycles. The van der Waals surface area contributed by atoms with Gasteiger partial charge in [0.1, 0.15) is 6.61 Å². The summed E-state index contributed by atoms with van der Waals surface area (Å²) in [6.07, 6.45) is 4.76. The number of halogens is 1. The van der Waals surface area contributed by atoms with Gasteiger partial charge in [-0.05, 0) is 67.9 Å². The minimum absolute atomic E-state index is 0. The highest BCUT2D eigenvalue weighted by Crippen LogP contribution is 2.49. The quantitative estimate of drug-likeness (QED) is 0.114. The molecule has 6 rings (SSSR count). The molecule has 0 spiro atoms. The maximum Gasteiger partial charge on any atom is 0.335 e. The molecule has 13 nitrogen and oxygen atoms in total. The van der Waals surface area contributed by atoms with Gasteiger partial charge >= 0.3 is 5.97 Å². The Balaban J connectivity index is 0.00000486. The predicted molar refractivity (Wildman–Crippen MR) is 190 cm³/mol. The second-order valence-corrected chi connectivity index (χ2v) is 14.9. The molecule has 1 aliphatic carbocycles. The largest absolute Gasteiger partial charge is 0.478 e. The Bertz CT molecular complexity index is 2120. The molecular formula is C35H40ClN7O6S. The molecule has 50 heavy (non-hydrogen) atoms. The Morgan fingerprint density at radius 1 is 1.04 bits per heavy atom. The number of oxazole rings is 1. The van der Waals surface area contributed by atoms with Crippen LogP contribution in [0.25, 0.3) is 22.6 Å². The van der Waals surface area contributed by atoms with Gasteiger partial charge in [-0.3, -0.25) is 0 Å². The van der Waals surface area contributed by atoms with Crippen LogP contribution >= 0.6 is 12.4 Å². The zero-order valence-corrected chi connectivity index (χ0v) is 30.1. The number of rotatable bonds is 14. The minimum Gasteiger partial charge on any atom is -0.478 e. The Labute approximate surface area is 296 Å². The normalized spacial score (nSPS) is 14.3. The summed E-state index contributed by atoms with van der Waals surface area (Å²) in [5, 5.41) is 12.9. The second kappa shape index (κ2) is 14.7. The van der Waals surface area contributed by atoms with Gasteiger partial charge in [0.25, 0.3) is 15.7 Å². The highest BCUT2D eigenvalue weighted by Gasteiger charge is 2.39. The Morgan fingerprint density at radius 2 is 1.76 bits per heavy atom. The smallest absolute Gasteiger partial charge is 0.335 e. The van der Waals surface area contributed by atoms with Crippen molar-refractivity contribution in [2.75, 3.05) is 11.3 Å². The van der Waals surface area contributed by atoms with Gasteiger partial charge in [-0.2, -0.15) is 9.97 Å². The average molecular weight is 722 g/mol. The number of carboxylic acids is 1. The SMILES string of the molecule is Cc1cccc(C)c1-c1cc(OC[C@@H](CC2(C)CC2)NCc2cnc3nc(C(C)C)oc3n2)nc(NS(=O)(=O)c2cccc(C(=O)O)c2)n1.Cl. The third kappa shape index (κ3) is 8.55. The maximum atomic E-state index is 13.4. The van der Waals surface area contributed by atoms with Crippen LogP contribution < -0.4 is 14.8 Å². The van der Waals surface area contributed by atoms with Crippen molar-refractivity contribution in [2.45, 2.75) is 77.3 Å². The van der Waals surface area contributed by atoms with E-state index in [1.807, 2.05) is 45.9 Å². The first-order valence-electron chi connectivity index (χ1n) is 16.1. The molecule has 3 aromatic heterocycles. The van der Waals surface area contributed by atoms with Crippen molar-refractivity contribution in [1.82, 2.24) is 30.2 Å². The number of hydrogen-bond acceptors (Lipinski definition) is 11. The van der Waals surface area contributed by atoms with E-state index in [0.717, 1.165) is 42.0 Å². The van der Waals surface area contributed by atoms with Crippen molar-refractivity contribution in [1.29, 1.82) is 0 Å². The summed E-state index contributed by atoms with van der Waals surface area (Å²) in [4.78, 5) is 33.7.